The summed E-state index contributed by atoms with van der Waals surface area (Å²) in [6, 6.07) is 5.63. The summed E-state index contributed by atoms with van der Waals surface area (Å²) in [5.41, 5.74) is 1.62. The fourth-order valence-electron chi connectivity index (χ4n) is 1.74. The monoisotopic (exact) mass is 305 g/mol. The molecule has 0 aliphatic rings. The maximum atomic E-state index is 11.6. The first-order valence-electron chi connectivity index (χ1n) is 6.64. The quantitative estimate of drug-likeness (QED) is 0.907. The smallest absolute Gasteiger partial charge is 0.321 e. The topological polar surface area (TPSA) is 64.1 Å². The van der Waals surface area contributed by atoms with Crippen molar-refractivity contribution in [2.45, 2.75) is 26.7 Å². The Morgan fingerprint density at radius 2 is 2.05 bits per heavy atom. The first-order valence-corrected chi connectivity index (χ1v) is 7.02. The van der Waals surface area contributed by atoms with Crippen LogP contribution in [-0.4, -0.2) is 15.9 Å². The van der Waals surface area contributed by atoms with Crippen molar-refractivity contribution in [2.75, 3.05) is 5.32 Å². The lowest BCUT2D eigenvalue weighted by Crippen LogP contribution is -2.10. The van der Waals surface area contributed by atoms with Gasteiger partial charge in [-0.25, -0.2) is 9.97 Å². The first-order chi connectivity index (χ1) is 10.1. The van der Waals surface area contributed by atoms with Crippen molar-refractivity contribution in [1.82, 2.24) is 9.97 Å². The number of halogens is 1. The van der Waals surface area contributed by atoms with Crippen molar-refractivity contribution in [1.29, 1.82) is 0 Å². The van der Waals surface area contributed by atoms with Crippen LogP contribution in [0.5, 0.6) is 11.8 Å². The van der Waals surface area contributed by atoms with E-state index in [4.69, 9.17) is 16.3 Å². The molecule has 0 fully saturated rings. The maximum absolute atomic E-state index is 11.6. The minimum absolute atomic E-state index is 0.00611. The number of nitrogens with one attached hydrogen (secondary N) is 1. The molecule has 1 heterocycles. The average Bonchev–Trinajstić information content (AvgIpc) is 2.44. The van der Waals surface area contributed by atoms with E-state index in [1.807, 2.05) is 19.9 Å². The highest BCUT2D eigenvalue weighted by Gasteiger charge is 2.07. The van der Waals surface area contributed by atoms with Gasteiger partial charge in [-0.1, -0.05) is 18.5 Å². The summed E-state index contributed by atoms with van der Waals surface area (Å²) in [6.07, 6.45) is 4.27. The molecule has 2 rings (SSSR count). The third kappa shape index (κ3) is 4.43. The minimum atomic E-state index is 0.00611. The fourth-order valence-corrected chi connectivity index (χ4v) is 1.84. The van der Waals surface area contributed by atoms with E-state index in [2.05, 4.69) is 15.3 Å². The molecular formula is C15H16ClN3O2. The summed E-state index contributed by atoms with van der Waals surface area (Å²) in [4.78, 5) is 19.5. The third-order valence-electron chi connectivity index (χ3n) is 2.73. The van der Waals surface area contributed by atoms with Gasteiger partial charge in [0.15, 0.2) is 0 Å². The van der Waals surface area contributed by atoms with Crippen LogP contribution >= 0.6 is 11.6 Å². The van der Waals surface area contributed by atoms with Gasteiger partial charge >= 0.3 is 6.01 Å². The zero-order valence-electron chi connectivity index (χ0n) is 11.9. The van der Waals surface area contributed by atoms with Gasteiger partial charge in [0, 0.05) is 12.1 Å². The van der Waals surface area contributed by atoms with Crippen molar-refractivity contribution in [3.8, 4) is 11.8 Å². The van der Waals surface area contributed by atoms with Crippen LogP contribution in [0.2, 0.25) is 5.02 Å². The van der Waals surface area contributed by atoms with E-state index in [0.29, 0.717) is 17.2 Å². The molecular weight excluding hydrogens is 290 g/mol. The first kappa shape index (κ1) is 15.3. The molecule has 0 bridgehead atoms. The SMILES string of the molecule is CCCC(=O)Nc1ccc(Oc2ncc(Cl)cn2)c(C)c1. The van der Waals surface area contributed by atoms with Gasteiger partial charge in [0.05, 0.1) is 17.4 Å². The molecule has 1 amide bonds. The van der Waals surface area contributed by atoms with Crippen LogP contribution in [0.15, 0.2) is 30.6 Å². The normalized spacial score (nSPS) is 10.2. The van der Waals surface area contributed by atoms with Crippen LogP contribution in [0.4, 0.5) is 5.69 Å². The predicted molar refractivity (Wildman–Crippen MR) is 81.8 cm³/mol. The molecule has 0 saturated carbocycles. The molecule has 0 unspecified atom stereocenters. The maximum Gasteiger partial charge on any atom is 0.321 e. The van der Waals surface area contributed by atoms with Gasteiger partial charge in [0.1, 0.15) is 5.75 Å². The summed E-state index contributed by atoms with van der Waals surface area (Å²) in [7, 11) is 0. The number of aromatic nitrogens is 2. The standard InChI is InChI=1S/C15H16ClN3O2/c1-3-4-14(20)19-12-5-6-13(10(2)7-12)21-15-17-8-11(16)9-18-15/h5-9H,3-4H2,1-2H3,(H,19,20). The van der Waals surface area contributed by atoms with E-state index in [9.17, 15) is 4.79 Å². The molecule has 0 aliphatic heterocycles. The van der Waals surface area contributed by atoms with Crippen molar-refractivity contribution in [2.24, 2.45) is 0 Å². The van der Waals surface area contributed by atoms with E-state index >= 15 is 0 Å². The van der Waals surface area contributed by atoms with Gasteiger partial charge in [0.2, 0.25) is 5.91 Å². The summed E-state index contributed by atoms with van der Waals surface area (Å²) in [5, 5.41) is 3.29. The number of ether oxygens (including phenoxy) is 1. The van der Waals surface area contributed by atoms with E-state index in [0.717, 1.165) is 17.7 Å². The number of aryl methyl sites for hydroxylation is 1. The molecule has 110 valence electrons. The highest BCUT2D eigenvalue weighted by Crippen LogP contribution is 2.25. The van der Waals surface area contributed by atoms with Crippen LogP contribution in [0, 0.1) is 6.92 Å². The Hall–Kier alpha value is -2.14. The Morgan fingerprint density at radius 1 is 1.33 bits per heavy atom. The molecule has 0 saturated heterocycles. The molecule has 0 aliphatic carbocycles. The molecule has 0 radical (unpaired) electrons. The second-order valence-corrected chi connectivity index (χ2v) is 5.00. The molecule has 5 nitrogen and oxygen atoms in total. The molecule has 1 N–H and O–H groups in total. The Balaban J connectivity index is 2.08. The van der Waals surface area contributed by atoms with Gasteiger partial charge in [-0.05, 0) is 37.1 Å². The highest BCUT2D eigenvalue weighted by molar-refractivity contribution is 6.30. The molecule has 2 aromatic rings. The van der Waals surface area contributed by atoms with Crippen LogP contribution in [0.3, 0.4) is 0 Å². The summed E-state index contributed by atoms with van der Waals surface area (Å²) in [5.74, 6) is 0.636. The number of carbonyl (C=O) groups excluding carboxylic acids is 1. The number of hydrogen-bond acceptors (Lipinski definition) is 4. The zero-order chi connectivity index (χ0) is 15.2. The second-order valence-electron chi connectivity index (χ2n) is 4.56. The van der Waals surface area contributed by atoms with Crippen molar-refractivity contribution in [3.63, 3.8) is 0 Å². The largest absolute Gasteiger partial charge is 0.424 e. The molecule has 0 spiro atoms. The Bertz CT molecular complexity index is 629. The van der Waals surface area contributed by atoms with E-state index < -0.39 is 0 Å². The van der Waals surface area contributed by atoms with Gasteiger partial charge in [-0.2, -0.15) is 0 Å². The number of rotatable bonds is 5. The fraction of sp³-hybridized carbons (Fsp3) is 0.267. The zero-order valence-corrected chi connectivity index (χ0v) is 12.6. The molecule has 1 aromatic carbocycles. The van der Waals surface area contributed by atoms with Crippen LogP contribution in [0.1, 0.15) is 25.3 Å². The van der Waals surface area contributed by atoms with Gasteiger partial charge in [-0.3, -0.25) is 4.79 Å². The molecule has 1 aromatic heterocycles. The molecule has 6 heteroatoms. The van der Waals surface area contributed by atoms with Gasteiger partial charge in [0.25, 0.3) is 0 Å². The van der Waals surface area contributed by atoms with Crippen molar-refractivity contribution < 1.29 is 9.53 Å². The second kappa shape index (κ2) is 7.04. The average molecular weight is 306 g/mol. The van der Waals surface area contributed by atoms with Crippen LogP contribution < -0.4 is 10.1 Å². The summed E-state index contributed by atoms with van der Waals surface area (Å²) in [6.45, 7) is 3.86. The summed E-state index contributed by atoms with van der Waals surface area (Å²) < 4.78 is 5.58. The highest BCUT2D eigenvalue weighted by atomic mass is 35.5. The van der Waals surface area contributed by atoms with E-state index in [-0.39, 0.29) is 11.9 Å². The number of benzene rings is 1. The third-order valence-corrected chi connectivity index (χ3v) is 2.93. The van der Waals surface area contributed by atoms with Crippen LogP contribution in [0.25, 0.3) is 0 Å². The van der Waals surface area contributed by atoms with Crippen molar-refractivity contribution in [3.05, 3.63) is 41.2 Å². The predicted octanol–water partition coefficient (Wildman–Crippen LogP) is 3.97. The van der Waals surface area contributed by atoms with Crippen molar-refractivity contribution >= 4 is 23.2 Å². The number of amides is 1. The minimum Gasteiger partial charge on any atom is -0.424 e. The summed E-state index contributed by atoms with van der Waals surface area (Å²) >= 11 is 5.72. The number of nitrogens with zero attached hydrogens (tertiary/aromatic N) is 2. The molecule has 21 heavy (non-hydrogen) atoms. The Labute approximate surface area is 128 Å². The lowest BCUT2D eigenvalue weighted by molar-refractivity contribution is -0.116. The lowest BCUT2D eigenvalue weighted by atomic mass is 10.2. The number of anilines is 1. The van der Waals surface area contributed by atoms with Gasteiger partial charge in [-0.15, -0.1) is 0 Å². The Morgan fingerprint density at radius 3 is 2.67 bits per heavy atom. The van der Waals surface area contributed by atoms with E-state index in [1.54, 1.807) is 12.1 Å². The number of hydrogen-bond donors (Lipinski definition) is 1. The number of carbonyl (C=O) groups is 1. The molecule has 0 atom stereocenters. The lowest BCUT2D eigenvalue weighted by Gasteiger charge is -2.10. The Kier molecular flexibility index (Phi) is 5.11. The van der Waals surface area contributed by atoms with E-state index in [1.165, 1.54) is 12.4 Å². The van der Waals surface area contributed by atoms with Gasteiger partial charge < -0.3 is 10.1 Å². The van der Waals surface area contributed by atoms with Crippen LogP contribution in [-0.2, 0) is 4.79 Å².